The van der Waals surface area contributed by atoms with E-state index in [2.05, 4.69) is 26.8 Å². The highest BCUT2D eigenvalue weighted by Gasteiger charge is 2.38. The molecule has 194 valence electrons. The Balaban J connectivity index is 1.76. The van der Waals surface area contributed by atoms with Crippen LogP contribution in [0.5, 0.6) is 11.6 Å². The van der Waals surface area contributed by atoms with E-state index in [1.807, 2.05) is 32.9 Å². The van der Waals surface area contributed by atoms with Gasteiger partial charge in [0.1, 0.15) is 11.5 Å². The van der Waals surface area contributed by atoms with Gasteiger partial charge in [0.05, 0.1) is 18.8 Å². The van der Waals surface area contributed by atoms with Crippen molar-refractivity contribution in [1.82, 2.24) is 24.4 Å². The Morgan fingerprint density at radius 3 is 2.72 bits per heavy atom. The maximum absolute atomic E-state index is 13.6. The van der Waals surface area contributed by atoms with Gasteiger partial charge in [-0.15, -0.1) is 0 Å². The minimum atomic E-state index is -0.391. The lowest BCUT2D eigenvalue weighted by Gasteiger charge is -2.31. The van der Waals surface area contributed by atoms with Crippen molar-refractivity contribution in [3.05, 3.63) is 42.1 Å². The predicted octanol–water partition coefficient (Wildman–Crippen LogP) is 4.07. The average molecular weight is 496 g/mol. The summed E-state index contributed by atoms with van der Waals surface area (Å²) >= 11 is 0. The van der Waals surface area contributed by atoms with Crippen LogP contribution in [-0.4, -0.2) is 66.3 Å². The summed E-state index contributed by atoms with van der Waals surface area (Å²) in [7, 11) is 0. The molecule has 0 radical (unpaired) electrons. The first-order chi connectivity index (χ1) is 17.4. The van der Waals surface area contributed by atoms with E-state index in [1.54, 1.807) is 6.20 Å². The molecule has 0 spiro atoms. The van der Waals surface area contributed by atoms with Crippen molar-refractivity contribution in [2.75, 3.05) is 19.8 Å². The Labute approximate surface area is 212 Å². The van der Waals surface area contributed by atoms with E-state index in [-0.39, 0.29) is 42.1 Å². The molecule has 0 atom stereocenters. The fourth-order valence-corrected chi connectivity index (χ4v) is 5.18. The molecule has 9 nitrogen and oxygen atoms in total. The van der Waals surface area contributed by atoms with Crippen LogP contribution in [0.3, 0.4) is 0 Å². The number of amides is 1. The third-order valence-electron chi connectivity index (χ3n) is 7.05. The molecule has 1 aliphatic rings. The second-order valence-corrected chi connectivity index (χ2v) is 9.87. The normalized spacial score (nSPS) is 15.0. The molecule has 0 unspecified atom stereocenters. The second-order valence-electron chi connectivity index (χ2n) is 9.87. The van der Waals surface area contributed by atoms with Crippen LogP contribution in [0.4, 0.5) is 0 Å². The molecule has 0 aromatic carbocycles. The molecule has 3 aromatic rings. The molecule has 1 fully saturated rings. The van der Waals surface area contributed by atoms with E-state index >= 15 is 0 Å². The molecule has 1 amide bonds. The van der Waals surface area contributed by atoms with Gasteiger partial charge < -0.3 is 24.4 Å². The number of ether oxygens (including phenoxy) is 1. The van der Waals surface area contributed by atoms with Crippen molar-refractivity contribution in [3.8, 4) is 11.6 Å². The number of aliphatic hydroxyl groups excluding tert-OH is 1. The Bertz CT molecular complexity index is 1190. The average Bonchev–Trinajstić information content (AvgIpc) is 3.51. The minimum absolute atomic E-state index is 0.00865. The molecular weight excluding hydrogens is 458 g/mol. The molecule has 0 bridgehead atoms. The van der Waals surface area contributed by atoms with Gasteiger partial charge in [0.15, 0.2) is 5.69 Å². The third kappa shape index (κ3) is 5.16. The summed E-state index contributed by atoms with van der Waals surface area (Å²) < 4.78 is 8.03. The van der Waals surface area contributed by atoms with Crippen LogP contribution in [0, 0.1) is 0 Å². The number of pyridine rings is 1. The van der Waals surface area contributed by atoms with E-state index in [4.69, 9.17) is 9.72 Å². The molecule has 4 rings (SSSR count). The molecule has 3 heterocycles. The lowest BCUT2D eigenvalue weighted by molar-refractivity contribution is 0.0652. The summed E-state index contributed by atoms with van der Waals surface area (Å²) in [6.07, 6.45) is 10.0. The zero-order valence-electron chi connectivity index (χ0n) is 21.5. The second kappa shape index (κ2) is 11.2. The summed E-state index contributed by atoms with van der Waals surface area (Å²) in [5.74, 6) is -0.311. The Kier molecular flexibility index (Phi) is 8.08. The molecule has 0 aliphatic heterocycles. The number of hydrogen-bond donors (Lipinski definition) is 2. The highest BCUT2D eigenvalue weighted by atomic mass is 16.5. The number of nitrogens with zero attached hydrogens (tertiary/aromatic N) is 5. The quantitative estimate of drug-likeness (QED) is 0.386. The summed E-state index contributed by atoms with van der Waals surface area (Å²) in [6, 6.07) is 5.88. The SMILES string of the molecule is CCCCOc1c(O)nc(CC2(n3ccc4cccnc43)CCCC2)nc1C(=O)N(CCO)C(C)C. The first-order valence-electron chi connectivity index (χ1n) is 13.0. The van der Waals surface area contributed by atoms with Crippen molar-refractivity contribution in [1.29, 1.82) is 0 Å². The van der Waals surface area contributed by atoms with Gasteiger partial charge in [0.25, 0.3) is 11.8 Å². The maximum Gasteiger partial charge on any atom is 0.276 e. The van der Waals surface area contributed by atoms with E-state index < -0.39 is 5.91 Å². The van der Waals surface area contributed by atoms with Crippen LogP contribution >= 0.6 is 0 Å². The molecule has 0 saturated heterocycles. The molecule has 3 aromatic heterocycles. The Hall–Kier alpha value is -3.20. The number of carbonyl (C=O) groups excluding carboxylic acids is 1. The van der Waals surface area contributed by atoms with Gasteiger partial charge in [-0.05, 0) is 51.3 Å². The summed E-state index contributed by atoms with van der Waals surface area (Å²) in [5.41, 5.74) is 0.656. The highest BCUT2D eigenvalue weighted by molar-refractivity contribution is 5.95. The Morgan fingerprint density at radius 2 is 2.03 bits per heavy atom. The first kappa shape index (κ1) is 25.9. The zero-order chi connectivity index (χ0) is 25.7. The van der Waals surface area contributed by atoms with Crippen LogP contribution in [0.15, 0.2) is 30.6 Å². The topological polar surface area (TPSA) is 114 Å². The van der Waals surface area contributed by atoms with Crippen LogP contribution in [0.25, 0.3) is 11.0 Å². The van der Waals surface area contributed by atoms with E-state index in [1.165, 1.54) is 4.90 Å². The molecule has 1 aliphatic carbocycles. The van der Waals surface area contributed by atoms with Crippen molar-refractivity contribution in [2.24, 2.45) is 0 Å². The van der Waals surface area contributed by atoms with Gasteiger partial charge in [-0.2, -0.15) is 4.98 Å². The number of fused-ring (bicyclic) bond motifs is 1. The number of hydrogen-bond acceptors (Lipinski definition) is 7. The van der Waals surface area contributed by atoms with Gasteiger partial charge in [-0.25, -0.2) is 9.97 Å². The number of carbonyl (C=O) groups is 1. The zero-order valence-corrected chi connectivity index (χ0v) is 21.5. The molecule has 9 heteroatoms. The lowest BCUT2D eigenvalue weighted by Crippen LogP contribution is -2.40. The van der Waals surface area contributed by atoms with Gasteiger partial charge in [0.2, 0.25) is 5.75 Å². The van der Waals surface area contributed by atoms with E-state index in [0.29, 0.717) is 18.9 Å². The van der Waals surface area contributed by atoms with Crippen molar-refractivity contribution in [3.63, 3.8) is 0 Å². The first-order valence-corrected chi connectivity index (χ1v) is 13.0. The van der Waals surface area contributed by atoms with Gasteiger partial charge >= 0.3 is 0 Å². The number of aromatic hydroxyl groups is 1. The third-order valence-corrected chi connectivity index (χ3v) is 7.05. The Morgan fingerprint density at radius 1 is 1.25 bits per heavy atom. The highest BCUT2D eigenvalue weighted by Crippen LogP contribution is 2.41. The fourth-order valence-electron chi connectivity index (χ4n) is 5.18. The van der Waals surface area contributed by atoms with Crippen LogP contribution in [0.1, 0.15) is 75.6 Å². The fraction of sp³-hybridized carbons (Fsp3) is 0.556. The van der Waals surface area contributed by atoms with Crippen LogP contribution in [-0.2, 0) is 12.0 Å². The maximum atomic E-state index is 13.6. The van der Waals surface area contributed by atoms with Crippen molar-refractivity contribution in [2.45, 2.75) is 77.3 Å². The van der Waals surface area contributed by atoms with Gasteiger partial charge in [-0.3, -0.25) is 4.79 Å². The monoisotopic (exact) mass is 495 g/mol. The van der Waals surface area contributed by atoms with Crippen molar-refractivity contribution < 1.29 is 19.7 Å². The van der Waals surface area contributed by atoms with E-state index in [0.717, 1.165) is 49.6 Å². The molecule has 36 heavy (non-hydrogen) atoms. The minimum Gasteiger partial charge on any atom is -0.491 e. The van der Waals surface area contributed by atoms with Crippen molar-refractivity contribution >= 4 is 16.9 Å². The molecular formula is C27H37N5O4. The lowest BCUT2D eigenvalue weighted by atomic mass is 9.92. The molecule has 2 N–H and O–H groups in total. The van der Waals surface area contributed by atoms with Crippen LogP contribution < -0.4 is 4.74 Å². The number of unbranched alkanes of at least 4 members (excludes halogenated alkanes) is 1. The number of rotatable bonds is 11. The van der Waals surface area contributed by atoms with E-state index in [9.17, 15) is 15.0 Å². The standard InChI is InChI=1S/C27H37N5O4/c1-4-5-17-36-23-22(26(35)31(15-16-33)19(2)3)29-21(30-25(23)34)18-27(11-6-7-12-27)32-14-10-20-9-8-13-28-24(20)32/h8-10,13-14,19,33H,4-7,11-12,15-18H2,1-3H3,(H,29,30,34). The summed E-state index contributed by atoms with van der Waals surface area (Å²) in [5, 5.41) is 21.5. The predicted molar refractivity (Wildman–Crippen MR) is 137 cm³/mol. The number of aliphatic hydroxyl groups is 1. The van der Waals surface area contributed by atoms with Gasteiger partial charge in [-0.1, -0.05) is 26.2 Å². The summed E-state index contributed by atoms with van der Waals surface area (Å²) in [4.78, 5) is 28.8. The smallest absolute Gasteiger partial charge is 0.276 e. The van der Waals surface area contributed by atoms with Gasteiger partial charge in [0, 0.05) is 36.8 Å². The summed E-state index contributed by atoms with van der Waals surface area (Å²) in [6.45, 7) is 6.14. The van der Waals surface area contributed by atoms with Crippen LogP contribution in [0.2, 0.25) is 0 Å². The number of aromatic nitrogens is 4. The largest absolute Gasteiger partial charge is 0.491 e. The molecule has 1 saturated carbocycles.